The molecule has 0 bridgehead atoms. The Kier molecular flexibility index (Phi) is 5.59. The summed E-state index contributed by atoms with van der Waals surface area (Å²) >= 11 is 1.47. The van der Waals surface area contributed by atoms with Crippen LogP contribution in [0.3, 0.4) is 0 Å². The van der Waals surface area contributed by atoms with Crippen molar-refractivity contribution in [3.8, 4) is 17.3 Å². The number of nitrogens with one attached hydrogen (secondary N) is 1. The predicted molar refractivity (Wildman–Crippen MR) is 108 cm³/mol. The molecule has 9 heteroatoms. The number of thiophene rings is 1. The highest BCUT2D eigenvalue weighted by atomic mass is 32.1. The van der Waals surface area contributed by atoms with Crippen LogP contribution in [0.1, 0.15) is 40.5 Å². The van der Waals surface area contributed by atoms with Crippen molar-refractivity contribution in [2.45, 2.75) is 33.8 Å². The zero-order chi connectivity index (χ0) is 20.4. The molecule has 1 amide bonds. The van der Waals surface area contributed by atoms with Gasteiger partial charge in [0.15, 0.2) is 5.82 Å². The van der Waals surface area contributed by atoms with E-state index in [0.29, 0.717) is 53.9 Å². The fourth-order valence-corrected chi connectivity index (χ4v) is 4.14. The maximum absolute atomic E-state index is 12.8. The van der Waals surface area contributed by atoms with Gasteiger partial charge in [0.1, 0.15) is 5.00 Å². The number of amides is 1. The van der Waals surface area contributed by atoms with Gasteiger partial charge in [0.05, 0.1) is 30.9 Å². The number of hydrogen-bond donors (Lipinski definition) is 1. The Labute approximate surface area is 172 Å². The highest BCUT2D eigenvalue weighted by molar-refractivity contribution is 7.17. The van der Waals surface area contributed by atoms with Crippen molar-refractivity contribution in [2.75, 3.05) is 18.5 Å². The lowest BCUT2D eigenvalue weighted by Gasteiger charge is -2.12. The number of anilines is 1. The molecule has 4 heterocycles. The second kappa shape index (κ2) is 8.30. The quantitative estimate of drug-likeness (QED) is 0.654. The summed E-state index contributed by atoms with van der Waals surface area (Å²) in [6.07, 6.45) is 2.25. The van der Waals surface area contributed by atoms with Gasteiger partial charge < -0.3 is 19.3 Å². The Morgan fingerprint density at radius 3 is 2.93 bits per heavy atom. The third kappa shape index (κ3) is 4.30. The maximum Gasteiger partial charge on any atom is 0.261 e. The molecule has 8 nitrogen and oxygen atoms in total. The number of carbonyl (C=O) groups is 1. The molecular formula is C20H22N4O4S. The van der Waals surface area contributed by atoms with Crippen LogP contribution in [0.2, 0.25) is 0 Å². The number of aryl methyl sites for hydroxylation is 1. The van der Waals surface area contributed by atoms with Crippen LogP contribution in [0.4, 0.5) is 5.00 Å². The van der Waals surface area contributed by atoms with Crippen LogP contribution in [0, 0.1) is 12.8 Å². The van der Waals surface area contributed by atoms with E-state index in [1.54, 1.807) is 19.1 Å². The average molecular weight is 414 g/mol. The summed E-state index contributed by atoms with van der Waals surface area (Å²) in [5, 5.41) is 7.54. The molecule has 0 aliphatic carbocycles. The average Bonchev–Trinajstić information content (AvgIpc) is 3.29. The minimum absolute atomic E-state index is 0.259. The summed E-state index contributed by atoms with van der Waals surface area (Å²) in [6.45, 7) is 7.61. The number of rotatable bonds is 6. The molecule has 0 atom stereocenters. The summed E-state index contributed by atoms with van der Waals surface area (Å²) in [7, 11) is 0. The summed E-state index contributed by atoms with van der Waals surface area (Å²) in [4.78, 5) is 22.5. The molecule has 29 heavy (non-hydrogen) atoms. The lowest BCUT2D eigenvalue weighted by molar-refractivity contribution is 0.102. The number of carbonyl (C=O) groups excluding carboxylic acids is 1. The number of nitrogens with zero attached hydrogens (tertiary/aromatic N) is 3. The minimum atomic E-state index is -0.259. The Bertz CT molecular complexity index is 1010. The van der Waals surface area contributed by atoms with Crippen LogP contribution in [0.15, 0.2) is 22.9 Å². The molecule has 3 aromatic heterocycles. The molecule has 0 unspecified atom stereocenters. The number of pyridine rings is 1. The van der Waals surface area contributed by atoms with Crippen molar-refractivity contribution < 1.29 is 18.8 Å². The summed E-state index contributed by atoms with van der Waals surface area (Å²) < 4.78 is 16.5. The van der Waals surface area contributed by atoms with Gasteiger partial charge in [-0.25, -0.2) is 4.98 Å². The molecule has 0 aromatic carbocycles. The Balaban J connectivity index is 1.57. The second-order valence-electron chi connectivity index (χ2n) is 7.20. The maximum atomic E-state index is 12.8. The number of fused-ring (bicyclic) bond motifs is 1. The van der Waals surface area contributed by atoms with E-state index in [4.69, 9.17) is 14.0 Å². The molecule has 0 radical (unpaired) electrons. The largest absolute Gasteiger partial charge is 0.477 e. The van der Waals surface area contributed by atoms with Gasteiger partial charge in [0.25, 0.3) is 11.8 Å². The van der Waals surface area contributed by atoms with E-state index in [2.05, 4.69) is 34.3 Å². The molecule has 1 aliphatic rings. The molecule has 1 N–H and O–H groups in total. The van der Waals surface area contributed by atoms with E-state index in [1.807, 2.05) is 0 Å². The lowest BCUT2D eigenvalue weighted by Crippen LogP contribution is -2.13. The van der Waals surface area contributed by atoms with Crippen LogP contribution in [0.5, 0.6) is 5.88 Å². The highest BCUT2D eigenvalue weighted by Crippen LogP contribution is 2.42. The fourth-order valence-electron chi connectivity index (χ4n) is 2.97. The van der Waals surface area contributed by atoms with Gasteiger partial charge in [-0.3, -0.25) is 4.79 Å². The van der Waals surface area contributed by atoms with Gasteiger partial charge in [0, 0.05) is 17.1 Å². The van der Waals surface area contributed by atoms with E-state index < -0.39 is 0 Å². The first-order valence-electron chi connectivity index (χ1n) is 9.44. The van der Waals surface area contributed by atoms with Crippen molar-refractivity contribution in [1.82, 2.24) is 15.1 Å². The molecule has 3 aromatic rings. The third-order valence-corrected chi connectivity index (χ3v) is 5.47. The summed E-state index contributed by atoms with van der Waals surface area (Å²) in [5.41, 5.74) is 2.32. The van der Waals surface area contributed by atoms with Crippen molar-refractivity contribution in [2.24, 2.45) is 5.92 Å². The molecular weight excluding hydrogens is 392 g/mol. The van der Waals surface area contributed by atoms with Gasteiger partial charge in [-0.1, -0.05) is 19.0 Å². The summed E-state index contributed by atoms with van der Waals surface area (Å²) in [5.74, 6) is 1.60. The first-order valence-corrected chi connectivity index (χ1v) is 10.3. The zero-order valence-electron chi connectivity index (χ0n) is 16.5. The fraction of sp³-hybridized carbons (Fsp3) is 0.400. The monoisotopic (exact) mass is 414 g/mol. The topological polar surface area (TPSA) is 99.4 Å². The Hall–Kier alpha value is -2.78. The van der Waals surface area contributed by atoms with Crippen LogP contribution >= 0.6 is 11.3 Å². The molecule has 1 aliphatic heterocycles. The van der Waals surface area contributed by atoms with Crippen LogP contribution in [-0.4, -0.2) is 34.2 Å². The van der Waals surface area contributed by atoms with E-state index in [9.17, 15) is 4.79 Å². The molecule has 0 saturated carbocycles. The predicted octanol–water partition coefficient (Wildman–Crippen LogP) is 3.86. The standard InChI is InChI=1S/C20H22N4O4S/c1-11(2)9-27-16-5-4-13(8-21-16)18(25)23-20-17(19-22-12(3)24-28-19)14-6-7-26-10-15(14)29-20/h4-5,8,11H,6-7,9-10H2,1-3H3,(H,23,25). The van der Waals surface area contributed by atoms with Crippen molar-refractivity contribution in [3.05, 3.63) is 40.2 Å². The number of hydrogen-bond acceptors (Lipinski definition) is 8. The zero-order valence-corrected chi connectivity index (χ0v) is 17.3. The van der Waals surface area contributed by atoms with Crippen molar-refractivity contribution in [3.63, 3.8) is 0 Å². The SMILES string of the molecule is Cc1noc(-c2c(NC(=O)c3ccc(OCC(C)C)nc3)sc3c2CCOC3)n1. The molecule has 0 saturated heterocycles. The highest BCUT2D eigenvalue weighted by Gasteiger charge is 2.27. The Morgan fingerprint density at radius 1 is 1.38 bits per heavy atom. The second-order valence-corrected chi connectivity index (χ2v) is 8.31. The van der Waals surface area contributed by atoms with E-state index >= 15 is 0 Å². The molecule has 152 valence electrons. The molecule has 0 fully saturated rings. The van der Waals surface area contributed by atoms with E-state index in [1.165, 1.54) is 17.5 Å². The first kappa shape index (κ1) is 19.5. The van der Waals surface area contributed by atoms with Gasteiger partial charge >= 0.3 is 0 Å². The van der Waals surface area contributed by atoms with Gasteiger partial charge in [-0.05, 0) is 30.9 Å². The van der Waals surface area contributed by atoms with Crippen LogP contribution < -0.4 is 10.1 Å². The van der Waals surface area contributed by atoms with Crippen molar-refractivity contribution >= 4 is 22.2 Å². The molecule has 0 spiro atoms. The van der Waals surface area contributed by atoms with Crippen LogP contribution in [-0.2, 0) is 17.8 Å². The summed E-state index contributed by atoms with van der Waals surface area (Å²) in [6, 6.07) is 3.40. The van der Waals surface area contributed by atoms with Crippen LogP contribution in [0.25, 0.3) is 11.5 Å². The molecule has 4 rings (SSSR count). The minimum Gasteiger partial charge on any atom is -0.477 e. The van der Waals surface area contributed by atoms with Gasteiger partial charge in [-0.2, -0.15) is 4.98 Å². The van der Waals surface area contributed by atoms with Gasteiger partial charge in [0.2, 0.25) is 5.88 Å². The van der Waals surface area contributed by atoms with E-state index in [0.717, 1.165) is 22.4 Å². The number of aromatic nitrogens is 3. The van der Waals surface area contributed by atoms with E-state index in [-0.39, 0.29) is 5.91 Å². The lowest BCUT2D eigenvalue weighted by atomic mass is 10.1. The smallest absolute Gasteiger partial charge is 0.261 e. The Morgan fingerprint density at radius 2 is 2.24 bits per heavy atom. The third-order valence-electron chi connectivity index (χ3n) is 4.35. The normalized spacial score (nSPS) is 13.4. The number of ether oxygens (including phenoxy) is 2. The van der Waals surface area contributed by atoms with Gasteiger partial charge in [-0.15, -0.1) is 11.3 Å². The van der Waals surface area contributed by atoms with Crippen molar-refractivity contribution in [1.29, 1.82) is 0 Å². The first-order chi connectivity index (χ1) is 14.0.